The monoisotopic (exact) mass is 377 g/mol. The van der Waals surface area contributed by atoms with E-state index in [0.29, 0.717) is 27.3 Å². The number of amides is 2. The van der Waals surface area contributed by atoms with E-state index in [2.05, 4.69) is 10.6 Å². The van der Waals surface area contributed by atoms with Crippen molar-refractivity contribution < 1.29 is 9.59 Å². The second-order valence-corrected chi connectivity index (χ2v) is 6.79. The third kappa shape index (κ3) is 5.53. The summed E-state index contributed by atoms with van der Waals surface area (Å²) in [6.45, 7) is 3.20. The lowest BCUT2D eigenvalue weighted by Gasteiger charge is -2.32. The molecule has 1 fully saturated rings. The van der Waals surface area contributed by atoms with Crippen LogP contribution in [0.4, 0.5) is 5.69 Å². The second kappa shape index (κ2) is 8.20. The maximum Gasteiger partial charge on any atom is 0.238 e. The maximum atomic E-state index is 12.2. The second-order valence-electron chi connectivity index (χ2n) is 5.57. The number of anilines is 1. The smallest absolute Gasteiger partial charge is 0.238 e. The highest BCUT2D eigenvalue weighted by atomic mass is 35.5. The average molecular weight is 379 g/mol. The molecule has 1 unspecified atom stereocenters. The highest BCUT2D eigenvalue weighted by molar-refractivity contribution is 6.44. The molecule has 5 nitrogen and oxygen atoms in total. The summed E-state index contributed by atoms with van der Waals surface area (Å²) in [4.78, 5) is 25.3. The van der Waals surface area contributed by atoms with Crippen LogP contribution in [0, 0.1) is 0 Å². The lowest BCUT2D eigenvalue weighted by molar-refractivity contribution is -0.120. The fourth-order valence-corrected chi connectivity index (χ4v) is 3.21. The van der Waals surface area contributed by atoms with Gasteiger partial charge in [-0.05, 0) is 31.5 Å². The van der Waals surface area contributed by atoms with Gasteiger partial charge in [0.2, 0.25) is 11.8 Å². The summed E-state index contributed by atoms with van der Waals surface area (Å²) in [5.74, 6) is -0.238. The molecule has 2 N–H and O–H groups in total. The number of benzene rings is 1. The van der Waals surface area contributed by atoms with Gasteiger partial charge in [-0.3, -0.25) is 14.5 Å². The topological polar surface area (TPSA) is 61.4 Å². The molecule has 0 bridgehead atoms. The van der Waals surface area contributed by atoms with Crippen LogP contribution >= 0.6 is 34.8 Å². The van der Waals surface area contributed by atoms with Gasteiger partial charge in [0.25, 0.3) is 0 Å². The van der Waals surface area contributed by atoms with Crippen LogP contribution in [0.2, 0.25) is 15.1 Å². The quantitative estimate of drug-likeness (QED) is 0.791. The molecular weight excluding hydrogens is 361 g/mol. The summed E-state index contributed by atoms with van der Waals surface area (Å²) in [6.07, 6.45) is 1.86. The van der Waals surface area contributed by atoms with Crippen molar-refractivity contribution in [2.24, 2.45) is 0 Å². The Balaban J connectivity index is 1.92. The van der Waals surface area contributed by atoms with E-state index in [-0.39, 0.29) is 24.4 Å². The molecule has 126 valence electrons. The summed E-state index contributed by atoms with van der Waals surface area (Å²) in [5, 5.41) is 6.63. The molecule has 0 radical (unpaired) electrons. The van der Waals surface area contributed by atoms with E-state index < -0.39 is 0 Å². The number of halogens is 3. The molecule has 8 heteroatoms. The van der Waals surface area contributed by atoms with E-state index in [1.807, 2.05) is 4.90 Å². The Morgan fingerprint density at radius 2 is 1.91 bits per heavy atom. The minimum absolute atomic E-state index is 0.0520. The minimum atomic E-state index is -0.186. The number of carbonyl (C=O) groups is 2. The van der Waals surface area contributed by atoms with Crippen molar-refractivity contribution in [2.75, 3.05) is 25.0 Å². The van der Waals surface area contributed by atoms with E-state index in [1.165, 1.54) is 19.1 Å². The number of nitrogens with one attached hydrogen (secondary N) is 2. The first kappa shape index (κ1) is 18.3. The molecule has 2 rings (SSSR count). The molecule has 1 saturated heterocycles. The van der Waals surface area contributed by atoms with E-state index in [9.17, 15) is 9.59 Å². The van der Waals surface area contributed by atoms with E-state index in [0.717, 1.165) is 19.4 Å². The number of likely N-dealkylation sites (tertiary alicyclic amines) is 1. The number of rotatable bonds is 4. The highest BCUT2D eigenvalue weighted by Crippen LogP contribution is 2.32. The Kier molecular flexibility index (Phi) is 6.53. The van der Waals surface area contributed by atoms with Gasteiger partial charge >= 0.3 is 0 Å². The van der Waals surface area contributed by atoms with Crippen molar-refractivity contribution in [3.63, 3.8) is 0 Å². The van der Waals surface area contributed by atoms with Crippen LogP contribution in [-0.2, 0) is 9.59 Å². The van der Waals surface area contributed by atoms with E-state index in [1.54, 1.807) is 0 Å². The molecule has 23 heavy (non-hydrogen) atoms. The zero-order chi connectivity index (χ0) is 17.0. The molecular formula is C15H18Cl3N3O2. The molecule has 0 aliphatic carbocycles. The largest absolute Gasteiger partial charge is 0.352 e. The van der Waals surface area contributed by atoms with Crippen LogP contribution < -0.4 is 10.6 Å². The zero-order valence-corrected chi connectivity index (χ0v) is 14.9. The number of nitrogens with zero attached hydrogens (tertiary/aromatic N) is 1. The van der Waals surface area contributed by atoms with Gasteiger partial charge in [0.1, 0.15) is 0 Å². The lowest BCUT2D eigenvalue weighted by atomic mass is 10.1. The summed E-state index contributed by atoms with van der Waals surface area (Å²) in [5.41, 5.74) is 0.432. The molecule has 0 aromatic heterocycles. The molecule has 2 amide bonds. The normalized spacial score (nSPS) is 18.5. The van der Waals surface area contributed by atoms with Gasteiger partial charge in [0, 0.05) is 19.5 Å². The first-order valence-electron chi connectivity index (χ1n) is 7.29. The molecule has 1 aromatic rings. The fourth-order valence-electron chi connectivity index (χ4n) is 2.62. The summed E-state index contributed by atoms with van der Waals surface area (Å²) in [6, 6.07) is 3.11. The molecule has 0 spiro atoms. The van der Waals surface area contributed by atoms with E-state index in [4.69, 9.17) is 34.8 Å². The summed E-state index contributed by atoms with van der Waals surface area (Å²) >= 11 is 17.8. The Morgan fingerprint density at radius 3 is 2.61 bits per heavy atom. The standard InChI is InChI=1S/C15H18Cl3N3O2/c1-9(22)19-10-3-2-4-21(7-10)8-15(23)20-14-6-12(17)11(16)5-13(14)18/h5-6,10H,2-4,7-8H2,1H3,(H,19,22)(H,20,23). The Bertz CT molecular complexity index is 610. The third-order valence-corrected chi connectivity index (χ3v) is 4.60. The maximum absolute atomic E-state index is 12.2. The van der Waals surface area contributed by atoms with Crippen LogP contribution in [0.15, 0.2) is 12.1 Å². The van der Waals surface area contributed by atoms with E-state index >= 15 is 0 Å². The van der Waals surface area contributed by atoms with Crippen molar-refractivity contribution in [3.8, 4) is 0 Å². The lowest BCUT2D eigenvalue weighted by Crippen LogP contribution is -2.49. The summed E-state index contributed by atoms with van der Waals surface area (Å²) in [7, 11) is 0. The van der Waals surface area contributed by atoms with Crippen molar-refractivity contribution in [2.45, 2.75) is 25.8 Å². The number of hydrogen-bond donors (Lipinski definition) is 2. The minimum Gasteiger partial charge on any atom is -0.352 e. The van der Waals surface area contributed by atoms with Gasteiger partial charge in [0.15, 0.2) is 0 Å². The van der Waals surface area contributed by atoms with Crippen molar-refractivity contribution in [1.29, 1.82) is 0 Å². The SMILES string of the molecule is CC(=O)NC1CCCN(CC(=O)Nc2cc(Cl)c(Cl)cc2Cl)C1. The van der Waals surface area contributed by atoms with Crippen LogP contribution in [-0.4, -0.2) is 42.4 Å². The number of carbonyl (C=O) groups excluding carboxylic acids is 2. The zero-order valence-electron chi connectivity index (χ0n) is 12.7. The highest BCUT2D eigenvalue weighted by Gasteiger charge is 2.22. The molecule has 1 heterocycles. The Morgan fingerprint density at radius 1 is 1.22 bits per heavy atom. The number of piperidine rings is 1. The number of hydrogen-bond acceptors (Lipinski definition) is 3. The summed E-state index contributed by atoms with van der Waals surface area (Å²) < 4.78 is 0. The van der Waals surface area contributed by atoms with Crippen LogP contribution in [0.5, 0.6) is 0 Å². The average Bonchev–Trinajstić information content (AvgIpc) is 2.44. The van der Waals surface area contributed by atoms with Crippen LogP contribution in [0.1, 0.15) is 19.8 Å². The van der Waals surface area contributed by atoms with Crippen molar-refractivity contribution in [1.82, 2.24) is 10.2 Å². The van der Waals surface area contributed by atoms with Crippen molar-refractivity contribution in [3.05, 3.63) is 27.2 Å². The molecule has 1 aliphatic heterocycles. The van der Waals surface area contributed by atoms with Gasteiger partial charge in [-0.15, -0.1) is 0 Å². The van der Waals surface area contributed by atoms with Gasteiger partial charge in [-0.1, -0.05) is 34.8 Å². The first-order valence-corrected chi connectivity index (χ1v) is 8.42. The van der Waals surface area contributed by atoms with Crippen molar-refractivity contribution >= 4 is 52.3 Å². The van der Waals surface area contributed by atoms with Gasteiger partial charge in [-0.25, -0.2) is 0 Å². The fraction of sp³-hybridized carbons (Fsp3) is 0.467. The molecule has 0 saturated carbocycles. The predicted octanol–water partition coefficient (Wildman–Crippen LogP) is 3.19. The molecule has 1 atom stereocenters. The third-order valence-electron chi connectivity index (χ3n) is 3.56. The van der Waals surface area contributed by atoms with Gasteiger partial charge < -0.3 is 10.6 Å². The first-order chi connectivity index (χ1) is 10.8. The van der Waals surface area contributed by atoms with Gasteiger partial charge in [-0.2, -0.15) is 0 Å². The Labute approximate surface area is 150 Å². The molecule has 1 aromatic carbocycles. The van der Waals surface area contributed by atoms with Crippen LogP contribution in [0.25, 0.3) is 0 Å². The Hall–Kier alpha value is -1.01. The van der Waals surface area contributed by atoms with Crippen LogP contribution in [0.3, 0.4) is 0 Å². The predicted molar refractivity (Wildman–Crippen MR) is 93.4 cm³/mol. The van der Waals surface area contributed by atoms with Gasteiger partial charge in [0.05, 0.1) is 27.3 Å². The molecule has 1 aliphatic rings.